The third kappa shape index (κ3) is 4.27. The Morgan fingerprint density at radius 2 is 1.96 bits per heavy atom. The molecule has 7 heteroatoms. The molecule has 1 heterocycles. The second-order valence-corrected chi connectivity index (χ2v) is 5.31. The Hall–Kier alpha value is -1.98. The van der Waals surface area contributed by atoms with Crippen molar-refractivity contribution in [1.82, 2.24) is 4.98 Å². The van der Waals surface area contributed by atoms with Crippen LogP contribution in [0.5, 0.6) is 11.5 Å². The normalized spacial score (nSPS) is 10.3. The number of methoxy groups -OCH3 is 1. The Morgan fingerprint density at radius 1 is 1.26 bits per heavy atom. The van der Waals surface area contributed by atoms with Crippen LogP contribution in [0.1, 0.15) is 16.8 Å². The monoisotopic (exact) mass is 353 g/mol. The standard InChI is InChI=1S/C16H15Cl2N2O3/c1-3-6-23-14-7-10(4-5-13(14)22-2)16(21)20-15-11(17)8-19-9-12(15)18/h4-5,7-9H,1,3,6H2,2H3,(H,19,20,21). The third-order valence-electron chi connectivity index (χ3n) is 2.92. The topological polar surface area (TPSA) is 60.5 Å². The molecule has 1 N–H and O–H groups in total. The van der Waals surface area contributed by atoms with Crippen LogP contribution < -0.4 is 14.8 Å². The van der Waals surface area contributed by atoms with E-state index in [0.717, 1.165) is 0 Å². The zero-order valence-electron chi connectivity index (χ0n) is 12.4. The molecule has 0 fully saturated rings. The molecule has 2 rings (SSSR count). The van der Waals surface area contributed by atoms with Gasteiger partial charge in [-0.1, -0.05) is 23.2 Å². The maximum atomic E-state index is 12.4. The number of rotatable bonds is 6. The first-order valence-corrected chi connectivity index (χ1v) is 7.52. The molecule has 0 saturated carbocycles. The van der Waals surface area contributed by atoms with Crippen molar-refractivity contribution >= 4 is 34.8 Å². The number of nitrogens with one attached hydrogen (secondary N) is 1. The fourth-order valence-corrected chi connectivity index (χ4v) is 2.29. The van der Waals surface area contributed by atoms with Crippen LogP contribution in [0.3, 0.4) is 0 Å². The Balaban J connectivity index is 2.25. The highest BCUT2D eigenvalue weighted by atomic mass is 35.5. The molecule has 23 heavy (non-hydrogen) atoms. The molecule has 0 aliphatic heterocycles. The van der Waals surface area contributed by atoms with Crippen LogP contribution in [0.4, 0.5) is 5.69 Å². The van der Waals surface area contributed by atoms with E-state index in [2.05, 4.69) is 17.2 Å². The predicted octanol–water partition coefficient (Wildman–Crippen LogP) is 4.25. The first kappa shape index (κ1) is 17.4. The summed E-state index contributed by atoms with van der Waals surface area (Å²) in [6, 6.07) is 4.87. The number of benzene rings is 1. The number of halogens is 2. The number of hydrogen-bond acceptors (Lipinski definition) is 4. The molecule has 1 aromatic carbocycles. The van der Waals surface area contributed by atoms with Crippen molar-refractivity contribution in [3.63, 3.8) is 0 Å². The molecule has 0 atom stereocenters. The Kier molecular flexibility index (Phi) is 6.07. The van der Waals surface area contributed by atoms with Gasteiger partial charge in [-0.05, 0) is 31.5 Å². The van der Waals surface area contributed by atoms with Gasteiger partial charge in [-0.15, -0.1) is 0 Å². The van der Waals surface area contributed by atoms with E-state index in [1.165, 1.54) is 19.5 Å². The SMILES string of the molecule is [CH2]CCOc1cc(C(=O)Nc2c(Cl)cncc2Cl)ccc1OC. The van der Waals surface area contributed by atoms with E-state index in [0.29, 0.717) is 35.8 Å². The lowest BCUT2D eigenvalue weighted by molar-refractivity contribution is 0.102. The van der Waals surface area contributed by atoms with Crippen molar-refractivity contribution in [3.05, 3.63) is 53.1 Å². The molecule has 0 bridgehead atoms. The quantitative estimate of drug-likeness (QED) is 0.842. The number of ether oxygens (including phenoxy) is 2. The van der Waals surface area contributed by atoms with E-state index < -0.39 is 0 Å². The number of pyridine rings is 1. The number of hydrogen-bond donors (Lipinski definition) is 1. The average molecular weight is 354 g/mol. The van der Waals surface area contributed by atoms with Crippen molar-refractivity contribution in [3.8, 4) is 11.5 Å². The van der Waals surface area contributed by atoms with E-state index in [-0.39, 0.29) is 16.0 Å². The predicted molar refractivity (Wildman–Crippen MR) is 90.7 cm³/mol. The fraction of sp³-hybridized carbons (Fsp3) is 0.188. The van der Waals surface area contributed by atoms with Crippen molar-refractivity contribution < 1.29 is 14.3 Å². The van der Waals surface area contributed by atoms with Gasteiger partial charge in [0.1, 0.15) is 0 Å². The van der Waals surface area contributed by atoms with Crippen LogP contribution in [0.25, 0.3) is 0 Å². The van der Waals surface area contributed by atoms with E-state index in [9.17, 15) is 4.79 Å². The highest BCUT2D eigenvalue weighted by Crippen LogP contribution is 2.31. The number of aromatic nitrogens is 1. The number of carbonyl (C=O) groups excluding carboxylic acids is 1. The summed E-state index contributed by atoms with van der Waals surface area (Å²) < 4.78 is 10.7. The molecule has 2 aromatic rings. The van der Waals surface area contributed by atoms with Crippen LogP contribution in [-0.2, 0) is 0 Å². The lowest BCUT2D eigenvalue weighted by atomic mass is 10.2. The van der Waals surface area contributed by atoms with Crippen molar-refractivity contribution in [2.75, 3.05) is 19.0 Å². The lowest BCUT2D eigenvalue weighted by Gasteiger charge is -2.12. The molecule has 0 aliphatic rings. The maximum Gasteiger partial charge on any atom is 0.255 e. The van der Waals surface area contributed by atoms with Crippen LogP contribution >= 0.6 is 23.2 Å². The fourth-order valence-electron chi connectivity index (χ4n) is 1.83. The minimum absolute atomic E-state index is 0.257. The molecule has 1 aromatic heterocycles. The van der Waals surface area contributed by atoms with Gasteiger partial charge < -0.3 is 14.8 Å². The molecular formula is C16H15Cl2N2O3. The maximum absolute atomic E-state index is 12.4. The van der Waals surface area contributed by atoms with E-state index in [1.54, 1.807) is 18.2 Å². The second kappa shape index (κ2) is 8.04. The molecule has 1 amide bonds. The van der Waals surface area contributed by atoms with Crippen molar-refractivity contribution in [2.45, 2.75) is 6.42 Å². The van der Waals surface area contributed by atoms with Crippen LogP contribution in [-0.4, -0.2) is 24.6 Å². The highest BCUT2D eigenvalue weighted by molar-refractivity contribution is 6.39. The lowest BCUT2D eigenvalue weighted by Crippen LogP contribution is -2.13. The Bertz CT molecular complexity index is 687. The Labute approximate surface area is 144 Å². The molecule has 0 saturated heterocycles. The first-order valence-electron chi connectivity index (χ1n) is 6.77. The molecule has 0 aliphatic carbocycles. The molecular weight excluding hydrogens is 339 g/mol. The van der Waals surface area contributed by atoms with Gasteiger partial charge in [-0.25, -0.2) is 0 Å². The summed E-state index contributed by atoms with van der Waals surface area (Å²) >= 11 is 12.0. The van der Waals surface area contributed by atoms with E-state index in [1.807, 2.05) is 0 Å². The summed E-state index contributed by atoms with van der Waals surface area (Å²) in [7, 11) is 1.53. The molecule has 5 nitrogen and oxygen atoms in total. The van der Waals surface area contributed by atoms with Crippen molar-refractivity contribution in [1.29, 1.82) is 0 Å². The Morgan fingerprint density at radius 3 is 2.57 bits per heavy atom. The van der Waals surface area contributed by atoms with Gasteiger partial charge in [-0.2, -0.15) is 0 Å². The summed E-state index contributed by atoms with van der Waals surface area (Å²) in [5.74, 6) is 0.632. The largest absolute Gasteiger partial charge is 0.493 e. The summed E-state index contributed by atoms with van der Waals surface area (Å²) in [6.45, 7) is 4.13. The van der Waals surface area contributed by atoms with Gasteiger partial charge in [0.25, 0.3) is 5.91 Å². The molecule has 121 valence electrons. The zero-order chi connectivity index (χ0) is 16.8. The van der Waals surface area contributed by atoms with E-state index in [4.69, 9.17) is 32.7 Å². The number of amides is 1. The number of anilines is 1. The summed E-state index contributed by atoms with van der Waals surface area (Å²) in [4.78, 5) is 16.2. The highest BCUT2D eigenvalue weighted by Gasteiger charge is 2.14. The van der Waals surface area contributed by atoms with Crippen LogP contribution in [0.15, 0.2) is 30.6 Å². The minimum Gasteiger partial charge on any atom is -0.493 e. The molecule has 0 spiro atoms. The van der Waals surface area contributed by atoms with Gasteiger partial charge in [0, 0.05) is 18.0 Å². The van der Waals surface area contributed by atoms with Gasteiger partial charge in [0.15, 0.2) is 11.5 Å². The first-order chi connectivity index (χ1) is 11.1. The van der Waals surface area contributed by atoms with Gasteiger partial charge >= 0.3 is 0 Å². The van der Waals surface area contributed by atoms with Gasteiger partial charge in [0.05, 0.1) is 29.4 Å². The zero-order valence-corrected chi connectivity index (χ0v) is 13.9. The van der Waals surface area contributed by atoms with Gasteiger partial charge in [0.2, 0.25) is 0 Å². The number of carbonyl (C=O) groups is 1. The third-order valence-corrected chi connectivity index (χ3v) is 3.49. The minimum atomic E-state index is -0.373. The van der Waals surface area contributed by atoms with E-state index >= 15 is 0 Å². The summed E-state index contributed by atoms with van der Waals surface area (Å²) in [5.41, 5.74) is 0.693. The average Bonchev–Trinajstić information content (AvgIpc) is 2.56. The second-order valence-electron chi connectivity index (χ2n) is 4.50. The smallest absolute Gasteiger partial charge is 0.255 e. The molecule has 1 radical (unpaired) electrons. The molecule has 0 unspecified atom stereocenters. The number of nitrogens with zero attached hydrogens (tertiary/aromatic N) is 1. The summed E-state index contributed by atoms with van der Waals surface area (Å²) in [6.07, 6.45) is 3.40. The summed E-state index contributed by atoms with van der Waals surface area (Å²) in [5, 5.41) is 3.18. The van der Waals surface area contributed by atoms with Crippen LogP contribution in [0, 0.1) is 6.92 Å². The van der Waals surface area contributed by atoms with Crippen molar-refractivity contribution in [2.24, 2.45) is 0 Å². The van der Waals surface area contributed by atoms with Crippen LogP contribution in [0.2, 0.25) is 10.0 Å². The van der Waals surface area contributed by atoms with Gasteiger partial charge in [-0.3, -0.25) is 9.78 Å².